The maximum absolute atomic E-state index is 11.9. The van der Waals surface area contributed by atoms with Crippen LogP contribution in [0.25, 0.3) is 6.08 Å². The number of hydrogen-bond donors (Lipinski definition) is 2. The van der Waals surface area contributed by atoms with Crippen molar-refractivity contribution in [2.24, 2.45) is 0 Å². The number of carbonyl (C=O) groups excluding carboxylic acids is 1. The largest absolute Gasteiger partial charge is 0.394 e. The van der Waals surface area contributed by atoms with Crippen LogP contribution in [0.5, 0.6) is 0 Å². The normalized spacial score (nSPS) is 12.3. The third-order valence-electron chi connectivity index (χ3n) is 3.21. The van der Waals surface area contributed by atoms with Crippen LogP contribution in [-0.2, 0) is 4.79 Å². The van der Waals surface area contributed by atoms with Gasteiger partial charge in [0.15, 0.2) is 0 Å². The minimum atomic E-state index is -0.388. The van der Waals surface area contributed by atoms with Crippen molar-refractivity contribution in [3.05, 3.63) is 77.4 Å². The van der Waals surface area contributed by atoms with Gasteiger partial charge in [0.2, 0.25) is 5.91 Å². The van der Waals surface area contributed by atoms with Gasteiger partial charge in [0.25, 0.3) is 0 Å². The monoisotopic (exact) mass is 281 g/mol. The quantitative estimate of drug-likeness (QED) is 0.828. The van der Waals surface area contributed by atoms with E-state index in [-0.39, 0.29) is 18.6 Å². The summed E-state index contributed by atoms with van der Waals surface area (Å²) < 4.78 is 0. The second kappa shape index (κ2) is 7.41. The number of amides is 1. The second-order valence-electron chi connectivity index (χ2n) is 4.90. The molecule has 0 aromatic heterocycles. The molecule has 2 aromatic carbocycles. The molecule has 0 aliphatic heterocycles. The molecule has 2 aromatic rings. The number of hydrogen-bond acceptors (Lipinski definition) is 2. The third kappa shape index (κ3) is 4.58. The molecule has 108 valence electrons. The molecule has 0 heterocycles. The smallest absolute Gasteiger partial charge is 0.244 e. The number of benzene rings is 2. The van der Waals surface area contributed by atoms with E-state index < -0.39 is 0 Å². The number of aliphatic hydroxyl groups excluding tert-OH is 1. The van der Waals surface area contributed by atoms with E-state index in [9.17, 15) is 9.90 Å². The van der Waals surface area contributed by atoms with Gasteiger partial charge in [0.05, 0.1) is 12.6 Å². The molecule has 0 spiro atoms. The Labute approximate surface area is 124 Å². The Morgan fingerprint density at radius 2 is 1.81 bits per heavy atom. The molecule has 3 nitrogen and oxygen atoms in total. The van der Waals surface area contributed by atoms with E-state index in [4.69, 9.17) is 0 Å². The molecule has 0 saturated carbocycles. The summed E-state index contributed by atoms with van der Waals surface area (Å²) in [6.45, 7) is 1.89. The summed E-state index contributed by atoms with van der Waals surface area (Å²) in [6.07, 6.45) is 3.24. The van der Waals surface area contributed by atoms with E-state index in [1.165, 1.54) is 11.6 Å². The van der Waals surface area contributed by atoms with Crippen molar-refractivity contribution in [2.75, 3.05) is 6.61 Å². The van der Waals surface area contributed by atoms with E-state index in [0.29, 0.717) is 0 Å². The molecule has 1 amide bonds. The molecule has 0 saturated heterocycles. The van der Waals surface area contributed by atoms with Crippen molar-refractivity contribution in [1.29, 1.82) is 0 Å². The van der Waals surface area contributed by atoms with E-state index in [0.717, 1.165) is 11.1 Å². The van der Waals surface area contributed by atoms with Crippen LogP contribution in [0.2, 0.25) is 0 Å². The summed E-state index contributed by atoms with van der Waals surface area (Å²) >= 11 is 0. The summed E-state index contributed by atoms with van der Waals surface area (Å²) in [5.74, 6) is -0.224. The lowest BCUT2D eigenvalue weighted by Gasteiger charge is -2.15. The summed E-state index contributed by atoms with van der Waals surface area (Å²) in [4.78, 5) is 11.9. The number of rotatable bonds is 5. The minimum Gasteiger partial charge on any atom is -0.394 e. The summed E-state index contributed by atoms with van der Waals surface area (Å²) in [6, 6.07) is 16.9. The Morgan fingerprint density at radius 1 is 1.14 bits per heavy atom. The van der Waals surface area contributed by atoms with Crippen molar-refractivity contribution in [2.45, 2.75) is 13.0 Å². The standard InChI is InChI=1S/C18H19NO2/c1-14-7-9-15(10-8-14)11-12-18(21)19-17(13-20)16-5-3-2-4-6-16/h2-12,17,20H,13H2,1H3,(H,19,21). The molecular weight excluding hydrogens is 262 g/mol. The zero-order valence-corrected chi connectivity index (χ0v) is 12.0. The molecule has 1 unspecified atom stereocenters. The highest BCUT2D eigenvalue weighted by atomic mass is 16.3. The van der Waals surface area contributed by atoms with Crippen molar-refractivity contribution in [1.82, 2.24) is 5.32 Å². The van der Waals surface area contributed by atoms with Crippen LogP contribution in [-0.4, -0.2) is 17.6 Å². The molecule has 3 heteroatoms. The first-order chi connectivity index (χ1) is 10.2. The number of aliphatic hydroxyl groups is 1. The van der Waals surface area contributed by atoms with Gasteiger partial charge in [-0.15, -0.1) is 0 Å². The Balaban J connectivity index is 1.98. The fourth-order valence-corrected chi connectivity index (χ4v) is 1.99. The van der Waals surface area contributed by atoms with Gasteiger partial charge < -0.3 is 10.4 Å². The van der Waals surface area contributed by atoms with Gasteiger partial charge >= 0.3 is 0 Å². The highest BCUT2D eigenvalue weighted by Gasteiger charge is 2.11. The first-order valence-electron chi connectivity index (χ1n) is 6.90. The lowest BCUT2D eigenvalue weighted by Crippen LogP contribution is -2.29. The Bertz CT molecular complexity index is 603. The van der Waals surface area contributed by atoms with E-state index in [2.05, 4.69) is 5.32 Å². The lowest BCUT2D eigenvalue weighted by atomic mass is 10.1. The van der Waals surface area contributed by atoms with E-state index in [1.54, 1.807) is 6.08 Å². The van der Waals surface area contributed by atoms with Gasteiger partial charge in [-0.1, -0.05) is 60.2 Å². The van der Waals surface area contributed by atoms with Crippen LogP contribution in [0.3, 0.4) is 0 Å². The van der Waals surface area contributed by atoms with Gasteiger partial charge in [0, 0.05) is 6.08 Å². The lowest BCUT2D eigenvalue weighted by molar-refractivity contribution is -0.117. The van der Waals surface area contributed by atoms with Crippen LogP contribution in [0.1, 0.15) is 22.7 Å². The van der Waals surface area contributed by atoms with Crippen molar-refractivity contribution in [3.63, 3.8) is 0 Å². The Morgan fingerprint density at radius 3 is 2.43 bits per heavy atom. The predicted octanol–water partition coefficient (Wildman–Crippen LogP) is 2.86. The molecule has 0 bridgehead atoms. The zero-order chi connectivity index (χ0) is 15.1. The molecule has 0 aliphatic carbocycles. The average molecular weight is 281 g/mol. The predicted molar refractivity (Wildman–Crippen MR) is 84.6 cm³/mol. The van der Waals surface area contributed by atoms with Gasteiger partial charge in [-0.2, -0.15) is 0 Å². The second-order valence-corrected chi connectivity index (χ2v) is 4.90. The van der Waals surface area contributed by atoms with Gasteiger partial charge in [0.1, 0.15) is 0 Å². The molecule has 21 heavy (non-hydrogen) atoms. The number of aryl methyl sites for hydroxylation is 1. The van der Waals surface area contributed by atoms with Crippen molar-refractivity contribution in [3.8, 4) is 0 Å². The molecule has 2 rings (SSSR count). The van der Waals surface area contributed by atoms with Crippen LogP contribution >= 0.6 is 0 Å². The van der Waals surface area contributed by atoms with Crippen molar-refractivity contribution < 1.29 is 9.90 Å². The molecule has 2 N–H and O–H groups in total. The highest BCUT2D eigenvalue weighted by molar-refractivity contribution is 5.92. The molecular formula is C18H19NO2. The topological polar surface area (TPSA) is 49.3 Å². The first kappa shape index (κ1) is 15.0. The molecule has 1 atom stereocenters. The number of nitrogens with one attached hydrogen (secondary N) is 1. The maximum atomic E-state index is 11.9. The van der Waals surface area contributed by atoms with Crippen molar-refractivity contribution >= 4 is 12.0 Å². The Kier molecular flexibility index (Phi) is 5.29. The van der Waals surface area contributed by atoms with Crippen LogP contribution in [0.4, 0.5) is 0 Å². The molecule has 0 radical (unpaired) electrons. The summed E-state index contributed by atoms with van der Waals surface area (Å²) in [5, 5.41) is 12.2. The fraction of sp³-hybridized carbons (Fsp3) is 0.167. The Hall–Kier alpha value is -2.39. The fourth-order valence-electron chi connectivity index (χ4n) is 1.99. The third-order valence-corrected chi connectivity index (χ3v) is 3.21. The first-order valence-corrected chi connectivity index (χ1v) is 6.90. The van der Waals surface area contributed by atoms with Crippen LogP contribution < -0.4 is 5.32 Å². The van der Waals surface area contributed by atoms with Gasteiger partial charge in [-0.05, 0) is 24.1 Å². The average Bonchev–Trinajstić information content (AvgIpc) is 2.53. The van der Waals surface area contributed by atoms with Crippen LogP contribution in [0, 0.1) is 6.92 Å². The van der Waals surface area contributed by atoms with Crippen LogP contribution in [0.15, 0.2) is 60.7 Å². The summed E-state index contributed by atoms with van der Waals surface area (Å²) in [7, 11) is 0. The minimum absolute atomic E-state index is 0.131. The maximum Gasteiger partial charge on any atom is 0.244 e. The van der Waals surface area contributed by atoms with Gasteiger partial charge in [-0.3, -0.25) is 4.79 Å². The zero-order valence-electron chi connectivity index (χ0n) is 12.0. The van der Waals surface area contributed by atoms with Gasteiger partial charge in [-0.25, -0.2) is 0 Å². The highest BCUT2D eigenvalue weighted by Crippen LogP contribution is 2.11. The van der Waals surface area contributed by atoms with E-state index >= 15 is 0 Å². The molecule has 0 fully saturated rings. The number of carbonyl (C=O) groups is 1. The summed E-state index contributed by atoms with van der Waals surface area (Å²) in [5.41, 5.74) is 3.04. The molecule has 0 aliphatic rings. The van der Waals surface area contributed by atoms with E-state index in [1.807, 2.05) is 61.5 Å². The SMILES string of the molecule is Cc1ccc(C=CC(=O)NC(CO)c2ccccc2)cc1.